The SMILES string of the molecule is CCC(CC)(c1ccc(C(=O)NCCCCCC(=O)NO)cc1)c1nnc(OCC(O)C(C)(C)C)o1. The number of rotatable bonds is 14. The van der Waals surface area contributed by atoms with Crippen LogP contribution in [0.1, 0.15) is 95.0 Å². The van der Waals surface area contributed by atoms with Crippen molar-refractivity contribution in [3.05, 3.63) is 41.3 Å². The predicted molar refractivity (Wildman–Crippen MR) is 134 cm³/mol. The molecule has 0 saturated carbocycles. The van der Waals surface area contributed by atoms with Crippen LogP contribution >= 0.6 is 0 Å². The van der Waals surface area contributed by atoms with E-state index in [0.717, 1.165) is 18.4 Å². The van der Waals surface area contributed by atoms with Crippen LogP contribution < -0.4 is 15.5 Å². The van der Waals surface area contributed by atoms with E-state index in [2.05, 4.69) is 15.5 Å². The lowest BCUT2D eigenvalue weighted by atomic mass is 9.75. The van der Waals surface area contributed by atoms with Gasteiger partial charge in [0, 0.05) is 18.5 Å². The number of aromatic nitrogens is 2. The second kappa shape index (κ2) is 13.4. The lowest BCUT2D eigenvalue weighted by molar-refractivity contribution is -0.129. The van der Waals surface area contributed by atoms with Crippen LogP contribution in [0.2, 0.25) is 0 Å². The first-order valence-electron chi connectivity index (χ1n) is 12.5. The van der Waals surface area contributed by atoms with Gasteiger partial charge in [0.05, 0.1) is 11.5 Å². The fourth-order valence-corrected chi connectivity index (χ4v) is 3.83. The van der Waals surface area contributed by atoms with Crippen LogP contribution in [-0.2, 0) is 10.2 Å². The Balaban J connectivity index is 2.01. The van der Waals surface area contributed by atoms with Crippen molar-refractivity contribution in [1.82, 2.24) is 21.0 Å². The summed E-state index contributed by atoms with van der Waals surface area (Å²) in [6, 6.07) is 7.38. The summed E-state index contributed by atoms with van der Waals surface area (Å²) in [7, 11) is 0. The number of benzene rings is 1. The maximum absolute atomic E-state index is 12.5. The van der Waals surface area contributed by atoms with E-state index < -0.39 is 17.4 Å². The van der Waals surface area contributed by atoms with Gasteiger partial charge in [0.1, 0.15) is 6.61 Å². The highest BCUT2D eigenvalue weighted by Gasteiger charge is 2.37. The highest BCUT2D eigenvalue weighted by molar-refractivity contribution is 5.94. The molecule has 0 spiro atoms. The summed E-state index contributed by atoms with van der Waals surface area (Å²) in [5.41, 5.74) is 2.25. The van der Waals surface area contributed by atoms with Gasteiger partial charge >= 0.3 is 6.08 Å². The van der Waals surface area contributed by atoms with Gasteiger partial charge in [-0.2, -0.15) is 0 Å². The van der Waals surface area contributed by atoms with Crippen LogP contribution in [0.4, 0.5) is 0 Å². The molecule has 0 aliphatic heterocycles. The maximum atomic E-state index is 12.5. The number of aliphatic hydroxyl groups excluding tert-OH is 1. The third-order valence-corrected chi connectivity index (χ3v) is 6.58. The number of carbonyl (C=O) groups excluding carboxylic acids is 2. The molecule has 10 heteroatoms. The molecule has 10 nitrogen and oxygen atoms in total. The molecule has 1 unspecified atom stereocenters. The number of nitrogens with one attached hydrogen (secondary N) is 2. The minimum atomic E-state index is -0.679. The maximum Gasteiger partial charge on any atom is 0.414 e. The Kier molecular flexibility index (Phi) is 10.9. The highest BCUT2D eigenvalue weighted by Crippen LogP contribution is 2.39. The normalized spacial score (nSPS) is 12.8. The minimum Gasteiger partial charge on any atom is -0.446 e. The smallest absolute Gasteiger partial charge is 0.414 e. The largest absolute Gasteiger partial charge is 0.446 e. The van der Waals surface area contributed by atoms with Crippen molar-refractivity contribution in [2.75, 3.05) is 13.2 Å². The Labute approximate surface area is 212 Å². The molecule has 1 atom stereocenters. The van der Waals surface area contributed by atoms with Crippen LogP contribution in [0.25, 0.3) is 0 Å². The Bertz CT molecular complexity index is 964. The van der Waals surface area contributed by atoms with E-state index in [1.165, 1.54) is 0 Å². The molecule has 0 fully saturated rings. The van der Waals surface area contributed by atoms with Crippen molar-refractivity contribution >= 4 is 11.8 Å². The number of hydrogen-bond donors (Lipinski definition) is 4. The van der Waals surface area contributed by atoms with Crippen molar-refractivity contribution in [2.24, 2.45) is 5.41 Å². The average Bonchev–Trinajstić information content (AvgIpc) is 3.34. The molecule has 0 saturated heterocycles. The number of unbranched alkanes of at least 4 members (excludes halogenated alkanes) is 2. The van der Waals surface area contributed by atoms with Crippen LogP contribution in [-0.4, -0.2) is 51.6 Å². The van der Waals surface area contributed by atoms with Crippen LogP contribution in [0.3, 0.4) is 0 Å². The van der Waals surface area contributed by atoms with Crippen LogP contribution in [0.15, 0.2) is 28.7 Å². The summed E-state index contributed by atoms with van der Waals surface area (Å²) in [6.07, 6.45) is 3.17. The van der Waals surface area contributed by atoms with Crippen molar-refractivity contribution < 1.29 is 29.1 Å². The third kappa shape index (κ3) is 7.76. The first kappa shape index (κ1) is 29.3. The number of aliphatic hydroxyl groups is 1. The number of ether oxygens (including phenoxy) is 1. The van der Waals surface area contributed by atoms with E-state index in [1.807, 2.05) is 46.8 Å². The third-order valence-electron chi connectivity index (χ3n) is 6.58. The van der Waals surface area contributed by atoms with Crippen LogP contribution in [0.5, 0.6) is 6.08 Å². The molecule has 2 aromatic rings. The topological polar surface area (TPSA) is 147 Å². The molecule has 1 aromatic heterocycles. The van der Waals surface area contributed by atoms with E-state index in [4.69, 9.17) is 14.4 Å². The van der Waals surface area contributed by atoms with Crippen molar-refractivity contribution in [3.8, 4) is 6.08 Å². The molecule has 0 radical (unpaired) electrons. The minimum absolute atomic E-state index is 0.0209. The standard InChI is InChI=1S/C26H40N4O6/c1-6-26(7-2,23-28-29-24(36-23)35-17-20(31)25(3,4)5)19-14-12-18(13-15-19)22(33)27-16-10-8-9-11-21(32)30-34/h12-15,20,31,34H,6-11,16-17H2,1-5H3,(H,27,33)(H,30,32). The Morgan fingerprint density at radius 2 is 1.72 bits per heavy atom. The Hall–Kier alpha value is -2.98. The first-order valence-corrected chi connectivity index (χ1v) is 12.5. The highest BCUT2D eigenvalue weighted by atomic mass is 16.6. The molecule has 2 amide bonds. The molecule has 4 N–H and O–H groups in total. The molecule has 0 aliphatic rings. The fourth-order valence-electron chi connectivity index (χ4n) is 3.83. The summed E-state index contributed by atoms with van der Waals surface area (Å²) in [6.45, 7) is 10.4. The summed E-state index contributed by atoms with van der Waals surface area (Å²) in [5, 5.41) is 29.8. The number of hydroxylamine groups is 1. The second-order valence-electron chi connectivity index (χ2n) is 10.0. The van der Waals surface area contributed by atoms with E-state index in [0.29, 0.717) is 37.3 Å². The molecule has 0 aliphatic carbocycles. The van der Waals surface area contributed by atoms with Crippen LogP contribution in [0, 0.1) is 5.41 Å². The molecular weight excluding hydrogens is 464 g/mol. The van der Waals surface area contributed by atoms with Gasteiger partial charge in [-0.15, -0.1) is 5.10 Å². The van der Waals surface area contributed by atoms with Crippen molar-refractivity contribution in [1.29, 1.82) is 0 Å². The van der Waals surface area contributed by atoms with Gasteiger partial charge in [-0.3, -0.25) is 14.8 Å². The van der Waals surface area contributed by atoms with E-state index in [-0.39, 0.29) is 30.4 Å². The van der Waals surface area contributed by atoms with Gasteiger partial charge in [0.2, 0.25) is 11.8 Å². The zero-order valence-electron chi connectivity index (χ0n) is 22.0. The Morgan fingerprint density at radius 1 is 1.06 bits per heavy atom. The fraction of sp³-hybridized carbons (Fsp3) is 0.615. The van der Waals surface area contributed by atoms with Gasteiger partial charge < -0.3 is 19.6 Å². The van der Waals surface area contributed by atoms with Gasteiger partial charge in [0.25, 0.3) is 5.91 Å². The van der Waals surface area contributed by atoms with E-state index in [9.17, 15) is 14.7 Å². The van der Waals surface area contributed by atoms with Crippen molar-refractivity contribution in [3.63, 3.8) is 0 Å². The summed E-state index contributed by atoms with van der Waals surface area (Å²) < 4.78 is 11.4. The number of nitrogens with zero attached hydrogens (tertiary/aromatic N) is 2. The van der Waals surface area contributed by atoms with Gasteiger partial charge in [0.15, 0.2) is 0 Å². The lowest BCUT2D eigenvalue weighted by Crippen LogP contribution is -2.32. The molecule has 200 valence electrons. The van der Waals surface area contributed by atoms with E-state index >= 15 is 0 Å². The van der Waals surface area contributed by atoms with E-state index in [1.54, 1.807) is 17.6 Å². The second-order valence-corrected chi connectivity index (χ2v) is 10.0. The number of amides is 2. The molecule has 2 rings (SSSR count). The first-order chi connectivity index (χ1) is 17.1. The quantitative estimate of drug-likeness (QED) is 0.173. The van der Waals surface area contributed by atoms with Crippen molar-refractivity contribution in [2.45, 2.75) is 84.7 Å². The van der Waals surface area contributed by atoms with Gasteiger partial charge in [-0.1, -0.05) is 58.3 Å². The molecule has 1 aromatic carbocycles. The van der Waals surface area contributed by atoms with Gasteiger partial charge in [-0.25, -0.2) is 5.48 Å². The number of carbonyl (C=O) groups is 2. The Morgan fingerprint density at radius 3 is 2.31 bits per heavy atom. The number of hydrogen-bond acceptors (Lipinski definition) is 8. The molecular formula is C26H40N4O6. The van der Waals surface area contributed by atoms with Gasteiger partial charge in [-0.05, 0) is 48.8 Å². The predicted octanol–water partition coefficient (Wildman–Crippen LogP) is 3.76. The monoisotopic (exact) mass is 504 g/mol. The average molecular weight is 505 g/mol. The molecule has 1 heterocycles. The summed E-state index contributed by atoms with van der Waals surface area (Å²) >= 11 is 0. The molecule has 36 heavy (non-hydrogen) atoms. The zero-order chi connectivity index (χ0) is 26.8. The lowest BCUT2D eigenvalue weighted by Gasteiger charge is -2.28. The summed E-state index contributed by atoms with van der Waals surface area (Å²) in [4.78, 5) is 23.5. The molecule has 0 bridgehead atoms. The summed E-state index contributed by atoms with van der Waals surface area (Å²) in [5.74, 6) is -0.142. The zero-order valence-corrected chi connectivity index (χ0v) is 22.0.